The SMILES string of the molecule is CCNC(=NCc1ccc(Cn2ccnc2)cc1)NC1CCc2nc(COC)nn2C1.I. The maximum absolute atomic E-state index is 5.15. The summed E-state index contributed by atoms with van der Waals surface area (Å²) in [5.41, 5.74) is 2.42. The number of hydrogen-bond acceptors (Lipinski definition) is 5. The number of halogens is 1. The first-order chi connectivity index (χ1) is 15.2. The van der Waals surface area contributed by atoms with Crippen LogP contribution in [0.4, 0.5) is 0 Å². The molecule has 9 nitrogen and oxygen atoms in total. The number of nitrogens with one attached hydrogen (secondary N) is 2. The molecule has 32 heavy (non-hydrogen) atoms. The molecule has 0 fully saturated rings. The van der Waals surface area contributed by atoms with Gasteiger partial charge in [-0.15, -0.1) is 24.0 Å². The van der Waals surface area contributed by atoms with Crippen molar-refractivity contribution in [2.45, 2.75) is 52.0 Å². The Hall–Kier alpha value is -2.47. The molecule has 1 atom stereocenters. The predicted octanol–water partition coefficient (Wildman–Crippen LogP) is 2.36. The van der Waals surface area contributed by atoms with Gasteiger partial charge in [0, 0.05) is 45.1 Å². The summed E-state index contributed by atoms with van der Waals surface area (Å²) >= 11 is 0. The van der Waals surface area contributed by atoms with Gasteiger partial charge >= 0.3 is 0 Å². The van der Waals surface area contributed by atoms with Crippen LogP contribution in [-0.4, -0.2) is 50.0 Å². The van der Waals surface area contributed by atoms with E-state index in [4.69, 9.17) is 9.73 Å². The molecule has 3 aromatic rings. The average Bonchev–Trinajstić information content (AvgIpc) is 3.42. The van der Waals surface area contributed by atoms with E-state index in [0.29, 0.717) is 13.2 Å². The summed E-state index contributed by atoms with van der Waals surface area (Å²) in [6, 6.07) is 8.84. The van der Waals surface area contributed by atoms with Crippen LogP contribution in [0.1, 0.15) is 36.1 Å². The van der Waals surface area contributed by atoms with Crippen molar-refractivity contribution in [2.24, 2.45) is 4.99 Å². The molecule has 4 rings (SSSR count). The number of guanidine groups is 1. The van der Waals surface area contributed by atoms with Crippen LogP contribution in [-0.2, 0) is 37.4 Å². The first-order valence-corrected chi connectivity index (χ1v) is 10.7. The molecule has 2 N–H and O–H groups in total. The Kier molecular flexibility index (Phi) is 9.03. The van der Waals surface area contributed by atoms with Crippen LogP contribution in [0.25, 0.3) is 0 Å². The third-order valence-electron chi connectivity index (χ3n) is 5.23. The van der Waals surface area contributed by atoms with Gasteiger partial charge in [-0.05, 0) is 24.5 Å². The molecule has 1 aliphatic rings. The van der Waals surface area contributed by atoms with Crippen molar-refractivity contribution in [3.05, 3.63) is 65.8 Å². The molecule has 172 valence electrons. The highest BCUT2D eigenvalue weighted by Gasteiger charge is 2.22. The van der Waals surface area contributed by atoms with Crippen molar-refractivity contribution >= 4 is 29.9 Å². The molecule has 2 aromatic heterocycles. The minimum Gasteiger partial charge on any atom is -0.377 e. The number of ether oxygens (including phenoxy) is 1. The van der Waals surface area contributed by atoms with Gasteiger partial charge in [-0.25, -0.2) is 19.6 Å². The Morgan fingerprint density at radius 1 is 1.25 bits per heavy atom. The number of imidazole rings is 1. The van der Waals surface area contributed by atoms with Crippen molar-refractivity contribution in [3.63, 3.8) is 0 Å². The zero-order valence-corrected chi connectivity index (χ0v) is 20.9. The van der Waals surface area contributed by atoms with Gasteiger partial charge < -0.3 is 19.9 Å². The summed E-state index contributed by atoms with van der Waals surface area (Å²) < 4.78 is 9.19. The minimum absolute atomic E-state index is 0. The Morgan fingerprint density at radius 2 is 2.06 bits per heavy atom. The average molecular weight is 550 g/mol. The quantitative estimate of drug-likeness (QED) is 0.254. The normalized spacial score (nSPS) is 15.7. The van der Waals surface area contributed by atoms with Crippen LogP contribution in [0.3, 0.4) is 0 Å². The molecule has 1 aromatic carbocycles. The number of benzene rings is 1. The summed E-state index contributed by atoms with van der Waals surface area (Å²) in [6.07, 6.45) is 7.49. The number of rotatable bonds is 8. The molecule has 0 saturated carbocycles. The lowest BCUT2D eigenvalue weighted by atomic mass is 10.1. The smallest absolute Gasteiger partial charge is 0.191 e. The van der Waals surface area contributed by atoms with E-state index in [1.54, 1.807) is 13.3 Å². The third kappa shape index (κ3) is 6.52. The second kappa shape index (κ2) is 12.0. The van der Waals surface area contributed by atoms with Crippen molar-refractivity contribution in [1.29, 1.82) is 0 Å². The zero-order valence-electron chi connectivity index (χ0n) is 18.6. The number of methoxy groups -OCH3 is 1. The molecule has 10 heteroatoms. The van der Waals surface area contributed by atoms with E-state index in [9.17, 15) is 0 Å². The van der Waals surface area contributed by atoms with Crippen molar-refractivity contribution < 1.29 is 4.74 Å². The zero-order chi connectivity index (χ0) is 21.5. The molecule has 0 radical (unpaired) electrons. The summed E-state index contributed by atoms with van der Waals surface area (Å²) in [4.78, 5) is 13.4. The second-order valence-corrected chi connectivity index (χ2v) is 7.69. The number of aliphatic imine (C=N–C) groups is 1. The van der Waals surface area contributed by atoms with Gasteiger partial charge in [0.25, 0.3) is 0 Å². The maximum atomic E-state index is 5.15. The number of aryl methyl sites for hydroxylation is 1. The lowest BCUT2D eigenvalue weighted by molar-refractivity contribution is 0.177. The van der Waals surface area contributed by atoms with Crippen molar-refractivity contribution in [1.82, 2.24) is 34.9 Å². The Labute approximate surface area is 205 Å². The number of fused-ring (bicyclic) bond motifs is 1. The summed E-state index contributed by atoms with van der Waals surface area (Å²) in [7, 11) is 1.66. The van der Waals surface area contributed by atoms with E-state index >= 15 is 0 Å². The number of aromatic nitrogens is 5. The van der Waals surface area contributed by atoms with Gasteiger partial charge in [0.2, 0.25) is 0 Å². The molecule has 1 unspecified atom stereocenters. The van der Waals surface area contributed by atoms with E-state index in [-0.39, 0.29) is 30.0 Å². The van der Waals surface area contributed by atoms with Crippen molar-refractivity contribution in [3.8, 4) is 0 Å². The monoisotopic (exact) mass is 550 g/mol. The van der Waals surface area contributed by atoms with Gasteiger partial charge in [0.1, 0.15) is 12.4 Å². The fraction of sp³-hybridized carbons (Fsp3) is 0.455. The minimum atomic E-state index is 0. The van der Waals surface area contributed by atoms with Gasteiger partial charge in [-0.2, -0.15) is 5.10 Å². The highest BCUT2D eigenvalue weighted by atomic mass is 127. The highest BCUT2D eigenvalue weighted by Crippen LogP contribution is 2.14. The van der Waals surface area contributed by atoms with Crippen molar-refractivity contribution in [2.75, 3.05) is 13.7 Å². The second-order valence-electron chi connectivity index (χ2n) is 7.69. The molecular weight excluding hydrogens is 519 g/mol. The van der Waals surface area contributed by atoms with E-state index in [1.807, 2.05) is 17.2 Å². The topological polar surface area (TPSA) is 94.2 Å². The molecule has 0 spiro atoms. The van der Waals surface area contributed by atoms with Crippen LogP contribution >= 0.6 is 24.0 Å². The first kappa shape index (κ1) is 24.2. The van der Waals surface area contributed by atoms with Crippen LogP contribution in [0.15, 0.2) is 48.0 Å². The summed E-state index contributed by atoms with van der Waals surface area (Å²) in [5, 5.41) is 11.5. The van der Waals surface area contributed by atoms with Crippen LogP contribution in [0.5, 0.6) is 0 Å². The Bertz CT molecular complexity index is 984. The van der Waals surface area contributed by atoms with Gasteiger partial charge in [0.05, 0.1) is 19.4 Å². The molecule has 0 amide bonds. The van der Waals surface area contributed by atoms with Crippen LogP contribution in [0.2, 0.25) is 0 Å². The maximum Gasteiger partial charge on any atom is 0.191 e. The predicted molar refractivity (Wildman–Crippen MR) is 134 cm³/mol. The molecule has 3 heterocycles. The van der Waals surface area contributed by atoms with E-state index in [0.717, 1.165) is 50.1 Å². The lowest BCUT2D eigenvalue weighted by Crippen LogP contribution is -2.47. The largest absolute Gasteiger partial charge is 0.377 e. The van der Waals surface area contributed by atoms with Crippen LogP contribution < -0.4 is 10.6 Å². The van der Waals surface area contributed by atoms with E-state index in [2.05, 4.69) is 61.5 Å². The Morgan fingerprint density at radius 3 is 2.78 bits per heavy atom. The lowest BCUT2D eigenvalue weighted by Gasteiger charge is -2.25. The van der Waals surface area contributed by atoms with Crippen LogP contribution in [0, 0.1) is 0 Å². The fourth-order valence-electron chi connectivity index (χ4n) is 3.69. The Balaban J connectivity index is 0.00000289. The summed E-state index contributed by atoms with van der Waals surface area (Å²) in [5.74, 6) is 2.61. The molecule has 1 aliphatic heterocycles. The van der Waals surface area contributed by atoms with E-state index < -0.39 is 0 Å². The highest BCUT2D eigenvalue weighted by molar-refractivity contribution is 14.0. The molecule has 0 saturated heterocycles. The standard InChI is InChI=1S/C22H30N8O.HI/c1-3-24-22(26-19-8-9-21-27-20(15-31-2)28-30(21)14-19)25-12-17-4-6-18(7-5-17)13-29-11-10-23-16-29;/h4-7,10-11,16,19H,3,8-9,12-15H2,1-2H3,(H2,24,25,26);1H. The van der Waals surface area contributed by atoms with Gasteiger partial charge in [-0.3, -0.25) is 0 Å². The first-order valence-electron chi connectivity index (χ1n) is 10.7. The summed E-state index contributed by atoms with van der Waals surface area (Å²) in [6.45, 7) is 5.57. The molecule has 0 aliphatic carbocycles. The van der Waals surface area contributed by atoms with E-state index in [1.165, 1.54) is 11.1 Å². The molecule has 0 bridgehead atoms. The molecular formula is C22H31IN8O. The fourth-order valence-corrected chi connectivity index (χ4v) is 3.69. The van der Waals surface area contributed by atoms with Gasteiger partial charge in [0.15, 0.2) is 11.8 Å². The number of nitrogens with zero attached hydrogens (tertiary/aromatic N) is 6. The number of hydrogen-bond donors (Lipinski definition) is 2. The third-order valence-corrected chi connectivity index (χ3v) is 5.23. The van der Waals surface area contributed by atoms with Gasteiger partial charge in [-0.1, -0.05) is 24.3 Å².